The highest BCUT2D eigenvalue weighted by molar-refractivity contribution is 6.59. The quantitative estimate of drug-likeness (QED) is 0.516. The number of nitrogens with zero attached hydrogens (tertiary/aromatic N) is 1. The van der Waals surface area contributed by atoms with E-state index >= 15 is 0 Å². The van der Waals surface area contributed by atoms with Crippen molar-refractivity contribution in [2.75, 3.05) is 19.6 Å². The highest BCUT2D eigenvalue weighted by atomic mass is 27.2. The van der Waals surface area contributed by atoms with E-state index in [1.807, 2.05) is 0 Å². The van der Waals surface area contributed by atoms with Crippen LogP contribution >= 0.6 is 0 Å². The van der Waals surface area contributed by atoms with Crippen molar-refractivity contribution in [1.82, 2.24) is 4.90 Å². The molecule has 0 aromatic carbocycles. The van der Waals surface area contributed by atoms with Gasteiger partial charge in [0.2, 0.25) is 0 Å². The fourth-order valence-electron chi connectivity index (χ4n) is 3.00. The Kier molecular flexibility index (Phi) is 9.53. The third kappa shape index (κ3) is 7.50. The first kappa shape index (κ1) is 15.5. The van der Waals surface area contributed by atoms with Gasteiger partial charge >= 0.3 is 0 Å². The van der Waals surface area contributed by atoms with E-state index in [1.165, 1.54) is 51.7 Å². The van der Waals surface area contributed by atoms with E-state index in [0.717, 1.165) is 0 Å². The van der Waals surface area contributed by atoms with Crippen LogP contribution < -0.4 is 0 Å². The largest absolute Gasteiger partial charge is 0.303 e. The molecule has 1 aliphatic rings. The van der Waals surface area contributed by atoms with Crippen LogP contribution in [0.15, 0.2) is 0 Å². The molecule has 0 bridgehead atoms. The molecule has 100 valence electrons. The van der Waals surface area contributed by atoms with E-state index in [0.29, 0.717) is 0 Å². The van der Waals surface area contributed by atoms with Gasteiger partial charge in [-0.25, -0.2) is 0 Å². The first-order valence-corrected chi connectivity index (χ1v) is 10.5. The zero-order valence-corrected chi connectivity index (χ0v) is 13.4. The summed E-state index contributed by atoms with van der Waals surface area (Å²) in [6.45, 7) is 8.71. The molecular weight excluding hydrogens is 221 g/mol. The molecule has 1 fully saturated rings. The number of hydrogen-bond acceptors (Lipinski definition) is 1. The summed E-state index contributed by atoms with van der Waals surface area (Å²) >= 11 is -0.221. The van der Waals surface area contributed by atoms with Crippen LogP contribution in [0.1, 0.15) is 58.8 Å². The first-order valence-electron chi connectivity index (χ1n) is 8.09. The van der Waals surface area contributed by atoms with Gasteiger partial charge in [-0.15, -0.1) is 0 Å². The summed E-state index contributed by atoms with van der Waals surface area (Å²) in [4.78, 5) is 2.73. The molecule has 0 aromatic rings. The van der Waals surface area contributed by atoms with Gasteiger partial charge in [0.05, 0.1) is 0 Å². The normalized spacial score (nSPS) is 16.1. The molecule has 2 heteroatoms. The maximum Gasteiger partial charge on any atom is 0.261 e. The SMILES string of the molecule is CCCCN(CCCC)CC[CH2][Al]1[CH2]CC[CH2]1. The molecule has 0 aromatic heterocycles. The average Bonchev–Trinajstić information content (AvgIpc) is 2.85. The minimum atomic E-state index is -0.221. The lowest BCUT2D eigenvalue weighted by molar-refractivity contribution is 0.265. The van der Waals surface area contributed by atoms with Gasteiger partial charge in [-0.05, 0) is 32.5 Å². The lowest BCUT2D eigenvalue weighted by atomic mass is 10.2. The fraction of sp³-hybridized carbons (Fsp3) is 1.00. The van der Waals surface area contributed by atoms with Crippen molar-refractivity contribution in [3.05, 3.63) is 0 Å². The monoisotopic (exact) mass is 253 g/mol. The van der Waals surface area contributed by atoms with E-state index in [1.54, 1.807) is 28.7 Å². The Morgan fingerprint density at radius 1 is 0.824 bits per heavy atom. The summed E-state index contributed by atoms with van der Waals surface area (Å²) in [5.41, 5.74) is 0. The highest BCUT2D eigenvalue weighted by Gasteiger charge is 2.21. The van der Waals surface area contributed by atoms with E-state index in [4.69, 9.17) is 0 Å². The maximum atomic E-state index is 2.73. The Morgan fingerprint density at radius 2 is 1.35 bits per heavy atom. The van der Waals surface area contributed by atoms with Crippen LogP contribution in [0.5, 0.6) is 0 Å². The van der Waals surface area contributed by atoms with Crippen molar-refractivity contribution >= 4 is 14.1 Å². The molecular formula is C15H32AlN. The van der Waals surface area contributed by atoms with Gasteiger partial charge in [0.1, 0.15) is 0 Å². The zero-order chi connectivity index (χ0) is 12.3. The van der Waals surface area contributed by atoms with Crippen LogP contribution in [0.3, 0.4) is 0 Å². The number of rotatable bonds is 10. The van der Waals surface area contributed by atoms with Crippen LogP contribution in [-0.2, 0) is 0 Å². The van der Waals surface area contributed by atoms with Crippen molar-refractivity contribution in [1.29, 1.82) is 0 Å². The van der Waals surface area contributed by atoms with E-state index in [2.05, 4.69) is 18.7 Å². The predicted molar refractivity (Wildman–Crippen MR) is 80.3 cm³/mol. The van der Waals surface area contributed by atoms with E-state index in [-0.39, 0.29) is 14.1 Å². The van der Waals surface area contributed by atoms with Crippen LogP contribution in [-0.4, -0.2) is 38.7 Å². The Bertz CT molecular complexity index is 158. The second-order valence-corrected chi connectivity index (χ2v) is 9.31. The lowest BCUT2D eigenvalue weighted by Crippen LogP contribution is -2.27. The highest BCUT2D eigenvalue weighted by Crippen LogP contribution is 2.23. The second-order valence-electron chi connectivity index (χ2n) is 5.84. The molecule has 1 saturated heterocycles. The average molecular weight is 253 g/mol. The van der Waals surface area contributed by atoms with Crippen LogP contribution in [0, 0.1) is 0 Å². The Balaban J connectivity index is 2.08. The second kappa shape index (κ2) is 10.4. The Hall–Kier alpha value is 0.492. The molecule has 17 heavy (non-hydrogen) atoms. The summed E-state index contributed by atoms with van der Waals surface area (Å²) < 4.78 is 0. The molecule has 0 unspecified atom stereocenters. The van der Waals surface area contributed by atoms with Crippen molar-refractivity contribution < 1.29 is 0 Å². The number of unbranched alkanes of at least 4 members (excludes halogenated alkanes) is 2. The van der Waals surface area contributed by atoms with Gasteiger partial charge < -0.3 is 4.90 Å². The van der Waals surface area contributed by atoms with Gasteiger partial charge in [0.15, 0.2) is 0 Å². The smallest absolute Gasteiger partial charge is 0.261 e. The van der Waals surface area contributed by atoms with Gasteiger partial charge in [-0.1, -0.05) is 61.8 Å². The van der Waals surface area contributed by atoms with Gasteiger partial charge in [-0.3, -0.25) is 0 Å². The molecule has 0 aliphatic carbocycles. The number of hydrogen-bond donors (Lipinski definition) is 0. The van der Waals surface area contributed by atoms with E-state index < -0.39 is 0 Å². The summed E-state index contributed by atoms with van der Waals surface area (Å²) in [6, 6.07) is 0. The molecule has 0 spiro atoms. The van der Waals surface area contributed by atoms with Crippen molar-refractivity contribution in [3.63, 3.8) is 0 Å². The van der Waals surface area contributed by atoms with Crippen molar-refractivity contribution in [3.8, 4) is 0 Å². The molecule has 0 N–H and O–H groups in total. The molecule has 0 radical (unpaired) electrons. The maximum absolute atomic E-state index is 2.73. The van der Waals surface area contributed by atoms with Crippen LogP contribution in [0.2, 0.25) is 15.8 Å². The van der Waals surface area contributed by atoms with E-state index in [9.17, 15) is 0 Å². The lowest BCUT2D eigenvalue weighted by Gasteiger charge is -2.22. The fourth-order valence-corrected chi connectivity index (χ4v) is 6.36. The summed E-state index contributed by atoms with van der Waals surface area (Å²) in [6.07, 6.45) is 10.1. The Morgan fingerprint density at radius 3 is 1.88 bits per heavy atom. The van der Waals surface area contributed by atoms with Crippen molar-refractivity contribution in [2.24, 2.45) is 0 Å². The predicted octanol–water partition coefficient (Wildman–Crippen LogP) is 4.57. The topological polar surface area (TPSA) is 3.24 Å². The molecule has 1 nitrogen and oxygen atoms in total. The molecule has 1 rings (SSSR count). The molecule has 0 atom stereocenters. The molecule has 1 aliphatic heterocycles. The minimum absolute atomic E-state index is 0.221. The zero-order valence-electron chi connectivity index (χ0n) is 12.2. The van der Waals surface area contributed by atoms with Gasteiger partial charge in [-0.2, -0.15) is 0 Å². The third-order valence-electron chi connectivity index (χ3n) is 4.22. The minimum Gasteiger partial charge on any atom is -0.303 e. The molecule has 0 saturated carbocycles. The third-order valence-corrected chi connectivity index (χ3v) is 7.89. The summed E-state index contributed by atoms with van der Waals surface area (Å²) in [5.74, 6) is 0. The summed E-state index contributed by atoms with van der Waals surface area (Å²) in [7, 11) is 0. The molecule has 0 amide bonds. The standard InChI is InChI=1S/C11H24N.C4H8.Al/c1-4-7-10-12(9-6-3)11-8-5-2;1-3-4-2;/h3-11H2,1-2H3;1-4H2;. The van der Waals surface area contributed by atoms with Crippen LogP contribution in [0.4, 0.5) is 0 Å². The Labute approximate surface area is 113 Å². The molecule has 1 heterocycles. The van der Waals surface area contributed by atoms with Crippen LogP contribution in [0.25, 0.3) is 0 Å². The first-order chi connectivity index (χ1) is 8.36. The van der Waals surface area contributed by atoms with Gasteiger partial charge in [0, 0.05) is 0 Å². The van der Waals surface area contributed by atoms with Gasteiger partial charge in [0.25, 0.3) is 14.1 Å². The summed E-state index contributed by atoms with van der Waals surface area (Å²) in [5, 5.41) is 4.95. The van der Waals surface area contributed by atoms with Crippen molar-refractivity contribution in [2.45, 2.75) is 74.6 Å².